The molecule has 1 aliphatic heterocycles. The zero-order valence-corrected chi connectivity index (χ0v) is 14.1. The molecule has 1 aliphatic rings. The molecule has 2 aromatic carbocycles. The van der Waals surface area contributed by atoms with Crippen molar-refractivity contribution in [1.82, 2.24) is 9.88 Å². The fourth-order valence-corrected chi connectivity index (χ4v) is 3.99. The molecule has 0 aliphatic carbocycles. The van der Waals surface area contributed by atoms with Crippen LogP contribution >= 0.6 is 0 Å². The third-order valence-corrected chi connectivity index (χ3v) is 5.16. The minimum atomic E-state index is -0.863. The lowest BCUT2D eigenvalue weighted by Crippen LogP contribution is -2.35. The molecule has 2 N–H and O–H groups in total. The van der Waals surface area contributed by atoms with Gasteiger partial charge in [0.25, 0.3) is 0 Å². The number of H-pyrrole nitrogens is 1. The molecule has 128 valence electrons. The van der Waals surface area contributed by atoms with Crippen LogP contribution in [0.25, 0.3) is 10.9 Å². The fraction of sp³-hybridized carbons (Fsp3) is 0.286. The predicted molar refractivity (Wildman–Crippen MR) is 99.0 cm³/mol. The van der Waals surface area contributed by atoms with E-state index in [1.54, 1.807) is 12.1 Å². The number of para-hydroxylation sites is 1. The number of likely N-dealkylation sites (tertiary alicyclic amines) is 1. The Kier molecular flexibility index (Phi) is 4.28. The number of nitrogens with zero attached hydrogens (tertiary/aromatic N) is 1. The number of piperidine rings is 1. The lowest BCUT2D eigenvalue weighted by molar-refractivity contribution is 0.0692. The maximum absolute atomic E-state index is 11.8. The second-order valence-electron chi connectivity index (χ2n) is 6.68. The Morgan fingerprint density at radius 1 is 0.960 bits per heavy atom. The highest BCUT2D eigenvalue weighted by molar-refractivity contribution is 5.90. The van der Waals surface area contributed by atoms with E-state index in [4.69, 9.17) is 0 Å². The summed E-state index contributed by atoms with van der Waals surface area (Å²) in [5.41, 5.74) is 3.52. The Balaban J connectivity index is 1.89. The molecular formula is C21H22N2O2. The number of aromatic carboxylic acids is 1. The largest absolute Gasteiger partial charge is 0.478 e. The molecule has 1 atom stereocenters. The molecule has 0 radical (unpaired) electrons. The zero-order chi connectivity index (χ0) is 17.2. The van der Waals surface area contributed by atoms with Crippen molar-refractivity contribution in [2.24, 2.45) is 0 Å². The normalized spacial score (nSPS) is 16.8. The van der Waals surface area contributed by atoms with Crippen molar-refractivity contribution in [3.63, 3.8) is 0 Å². The van der Waals surface area contributed by atoms with Gasteiger partial charge in [0, 0.05) is 17.1 Å². The molecule has 2 heterocycles. The number of aromatic nitrogens is 1. The number of aromatic amines is 1. The minimum absolute atomic E-state index is 0.0382. The number of carbonyl (C=O) groups is 1. The molecule has 1 fully saturated rings. The van der Waals surface area contributed by atoms with Crippen LogP contribution in [0.2, 0.25) is 0 Å². The zero-order valence-electron chi connectivity index (χ0n) is 14.1. The van der Waals surface area contributed by atoms with Crippen molar-refractivity contribution in [1.29, 1.82) is 0 Å². The SMILES string of the molecule is O=C(O)c1ccccc1C(c1c[nH]c2ccccc12)N1CCCCC1. The molecule has 3 aromatic rings. The lowest BCUT2D eigenvalue weighted by atomic mass is 9.91. The molecule has 4 rings (SSSR count). The van der Waals surface area contributed by atoms with Gasteiger partial charge in [0.05, 0.1) is 11.6 Å². The molecule has 4 nitrogen and oxygen atoms in total. The summed E-state index contributed by atoms with van der Waals surface area (Å²) < 4.78 is 0. The van der Waals surface area contributed by atoms with Gasteiger partial charge in [-0.1, -0.05) is 42.8 Å². The third-order valence-electron chi connectivity index (χ3n) is 5.16. The molecule has 0 bridgehead atoms. The lowest BCUT2D eigenvalue weighted by Gasteiger charge is -2.35. The van der Waals surface area contributed by atoms with Gasteiger partial charge in [0.15, 0.2) is 0 Å². The Bertz CT molecular complexity index is 894. The first-order chi connectivity index (χ1) is 12.3. The van der Waals surface area contributed by atoms with Gasteiger partial charge in [0.2, 0.25) is 0 Å². The van der Waals surface area contributed by atoms with Crippen LogP contribution in [0.5, 0.6) is 0 Å². The number of hydrogen-bond acceptors (Lipinski definition) is 2. The standard InChI is InChI=1S/C21H22N2O2/c24-21(25)17-10-3-2-9-16(17)20(23-12-6-1-7-13-23)18-14-22-19-11-5-4-8-15(18)19/h2-5,8-11,14,20,22H,1,6-7,12-13H2,(H,24,25). The van der Waals surface area contributed by atoms with E-state index in [-0.39, 0.29) is 6.04 Å². The highest BCUT2D eigenvalue weighted by Crippen LogP contribution is 2.36. The Morgan fingerprint density at radius 2 is 1.68 bits per heavy atom. The number of rotatable bonds is 4. The predicted octanol–water partition coefficient (Wildman–Crippen LogP) is 4.44. The summed E-state index contributed by atoms with van der Waals surface area (Å²) >= 11 is 0. The monoisotopic (exact) mass is 334 g/mol. The first kappa shape index (κ1) is 15.9. The van der Waals surface area contributed by atoms with Crippen LogP contribution in [-0.4, -0.2) is 34.0 Å². The molecule has 1 unspecified atom stereocenters. The summed E-state index contributed by atoms with van der Waals surface area (Å²) in [5.74, 6) is -0.863. The molecule has 1 saturated heterocycles. The van der Waals surface area contributed by atoms with Crippen molar-refractivity contribution < 1.29 is 9.90 Å². The Hall–Kier alpha value is -2.59. The van der Waals surface area contributed by atoms with E-state index in [2.05, 4.69) is 22.0 Å². The number of fused-ring (bicyclic) bond motifs is 1. The van der Waals surface area contributed by atoms with Gasteiger partial charge < -0.3 is 10.1 Å². The van der Waals surface area contributed by atoms with E-state index in [9.17, 15) is 9.90 Å². The fourth-order valence-electron chi connectivity index (χ4n) is 3.99. The minimum Gasteiger partial charge on any atom is -0.478 e. The van der Waals surface area contributed by atoms with Crippen molar-refractivity contribution in [2.75, 3.05) is 13.1 Å². The summed E-state index contributed by atoms with van der Waals surface area (Å²) in [6.07, 6.45) is 5.61. The topological polar surface area (TPSA) is 56.3 Å². The quantitative estimate of drug-likeness (QED) is 0.741. The maximum Gasteiger partial charge on any atom is 0.336 e. The number of carboxylic acid groups (broad SMARTS) is 1. The first-order valence-electron chi connectivity index (χ1n) is 8.88. The Labute approximate surface area is 147 Å². The van der Waals surface area contributed by atoms with E-state index in [0.717, 1.165) is 42.6 Å². The summed E-state index contributed by atoms with van der Waals surface area (Å²) in [7, 11) is 0. The second-order valence-corrected chi connectivity index (χ2v) is 6.68. The average Bonchev–Trinajstić information content (AvgIpc) is 3.07. The molecule has 25 heavy (non-hydrogen) atoms. The molecule has 1 aromatic heterocycles. The molecule has 0 spiro atoms. The van der Waals surface area contributed by atoms with E-state index in [1.165, 1.54) is 11.8 Å². The molecule has 4 heteroatoms. The van der Waals surface area contributed by atoms with E-state index in [0.29, 0.717) is 5.56 Å². The number of benzene rings is 2. The summed E-state index contributed by atoms with van der Waals surface area (Å²) in [6.45, 7) is 2.00. The van der Waals surface area contributed by atoms with E-state index >= 15 is 0 Å². The summed E-state index contributed by atoms with van der Waals surface area (Å²) in [5, 5.41) is 10.9. The highest BCUT2D eigenvalue weighted by Gasteiger charge is 2.29. The third kappa shape index (κ3) is 2.94. The second kappa shape index (κ2) is 6.73. The van der Waals surface area contributed by atoms with Gasteiger partial charge in [0.1, 0.15) is 0 Å². The Morgan fingerprint density at radius 3 is 2.48 bits per heavy atom. The maximum atomic E-state index is 11.8. The highest BCUT2D eigenvalue weighted by atomic mass is 16.4. The molecule has 0 amide bonds. The van der Waals surface area contributed by atoms with E-state index in [1.807, 2.05) is 30.5 Å². The summed E-state index contributed by atoms with van der Waals surface area (Å²) in [4.78, 5) is 17.6. The van der Waals surface area contributed by atoms with Crippen LogP contribution in [0.4, 0.5) is 0 Å². The number of hydrogen-bond donors (Lipinski definition) is 2. The number of carboxylic acids is 1. The van der Waals surface area contributed by atoms with Gasteiger partial charge >= 0.3 is 5.97 Å². The number of nitrogens with one attached hydrogen (secondary N) is 1. The van der Waals surface area contributed by atoms with Crippen LogP contribution < -0.4 is 0 Å². The first-order valence-corrected chi connectivity index (χ1v) is 8.88. The average molecular weight is 334 g/mol. The van der Waals surface area contributed by atoms with Crippen LogP contribution in [0.1, 0.15) is 46.8 Å². The van der Waals surface area contributed by atoms with Crippen molar-refractivity contribution >= 4 is 16.9 Å². The molecule has 0 saturated carbocycles. The van der Waals surface area contributed by atoms with Crippen molar-refractivity contribution in [2.45, 2.75) is 25.3 Å². The van der Waals surface area contributed by atoms with Crippen molar-refractivity contribution in [3.05, 3.63) is 71.4 Å². The van der Waals surface area contributed by atoms with Crippen LogP contribution in [0.3, 0.4) is 0 Å². The van der Waals surface area contributed by atoms with Gasteiger partial charge in [-0.15, -0.1) is 0 Å². The van der Waals surface area contributed by atoms with Gasteiger partial charge in [-0.05, 0) is 49.2 Å². The van der Waals surface area contributed by atoms with Crippen LogP contribution in [-0.2, 0) is 0 Å². The summed E-state index contributed by atoms with van der Waals surface area (Å²) in [6, 6.07) is 15.6. The van der Waals surface area contributed by atoms with E-state index < -0.39 is 5.97 Å². The van der Waals surface area contributed by atoms with Gasteiger partial charge in [-0.3, -0.25) is 4.90 Å². The van der Waals surface area contributed by atoms with Crippen LogP contribution in [0, 0.1) is 0 Å². The molecular weight excluding hydrogens is 312 g/mol. The van der Waals surface area contributed by atoms with Gasteiger partial charge in [-0.2, -0.15) is 0 Å². The van der Waals surface area contributed by atoms with Crippen molar-refractivity contribution in [3.8, 4) is 0 Å². The van der Waals surface area contributed by atoms with Gasteiger partial charge in [-0.25, -0.2) is 4.79 Å². The smallest absolute Gasteiger partial charge is 0.336 e. The van der Waals surface area contributed by atoms with Crippen LogP contribution in [0.15, 0.2) is 54.7 Å².